The molecule has 0 spiro atoms. The lowest BCUT2D eigenvalue weighted by Crippen LogP contribution is -2.08. The number of aryl methyl sites for hydroxylation is 1. The molecule has 0 saturated carbocycles. The van der Waals surface area contributed by atoms with E-state index in [-0.39, 0.29) is 6.61 Å². The number of para-hydroxylation sites is 4. The van der Waals surface area contributed by atoms with Crippen LogP contribution in [0, 0.1) is 0 Å². The normalized spacial score (nSPS) is 11.0. The number of unbranched alkanes of at least 4 members (excludes halogenated alkanes) is 1. The van der Waals surface area contributed by atoms with Gasteiger partial charge < -0.3 is 19.1 Å². The quantitative estimate of drug-likeness (QED) is 0.562. The number of benzene rings is 2. The van der Waals surface area contributed by atoms with Gasteiger partial charge in [0.25, 0.3) is 0 Å². The first-order valence-corrected chi connectivity index (χ1v) is 9.23. The fraction of sp³-hybridized carbons (Fsp3) is 0.381. The predicted molar refractivity (Wildman–Crippen MR) is 103 cm³/mol. The first kappa shape index (κ1) is 18.3. The molecule has 1 N–H and O–H groups in total. The van der Waals surface area contributed by atoms with Crippen molar-refractivity contribution in [3.05, 3.63) is 54.4 Å². The number of hydrogen-bond donors (Lipinski definition) is 1. The maximum atomic E-state index is 9.29. The Labute approximate surface area is 154 Å². The molecule has 0 fully saturated rings. The summed E-state index contributed by atoms with van der Waals surface area (Å²) in [6, 6.07) is 15.9. The average Bonchev–Trinajstić information content (AvgIpc) is 3.01. The molecule has 0 amide bonds. The van der Waals surface area contributed by atoms with E-state index in [2.05, 4.69) is 15.6 Å². The Hall–Kier alpha value is -2.53. The molecule has 0 aliphatic rings. The molecule has 3 rings (SSSR count). The third-order valence-corrected chi connectivity index (χ3v) is 4.25. The minimum absolute atomic E-state index is 0.112. The van der Waals surface area contributed by atoms with Crippen molar-refractivity contribution >= 4 is 11.0 Å². The molecule has 0 radical (unpaired) electrons. The maximum absolute atomic E-state index is 9.29. The molecule has 2 aromatic carbocycles. The van der Waals surface area contributed by atoms with Crippen molar-refractivity contribution in [1.82, 2.24) is 9.55 Å². The van der Waals surface area contributed by atoms with Crippen molar-refractivity contribution in [2.75, 3.05) is 19.8 Å². The summed E-state index contributed by atoms with van der Waals surface area (Å²) in [6.07, 6.45) is 2.49. The number of rotatable bonds is 10. The van der Waals surface area contributed by atoms with Crippen LogP contribution in [0.2, 0.25) is 0 Å². The Morgan fingerprint density at radius 2 is 1.69 bits per heavy atom. The zero-order valence-corrected chi connectivity index (χ0v) is 15.2. The highest BCUT2D eigenvalue weighted by Crippen LogP contribution is 2.26. The van der Waals surface area contributed by atoms with Gasteiger partial charge in [-0.25, -0.2) is 4.98 Å². The lowest BCUT2D eigenvalue weighted by Gasteiger charge is -2.12. The summed E-state index contributed by atoms with van der Waals surface area (Å²) in [5, 5.41) is 9.29. The predicted octanol–water partition coefficient (Wildman–Crippen LogP) is 3.83. The van der Waals surface area contributed by atoms with Gasteiger partial charge in [0.1, 0.15) is 5.82 Å². The van der Waals surface area contributed by atoms with Crippen molar-refractivity contribution in [3.8, 4) is 11.5 Å². The van der Waals surface area contributed by atoms with Crippen LogP contribution in [0.4, 0.5) is 0 Å². The van der Waals surface area contributed by atoms with Crippen LogP contribution < -0.4 is 9.47 Å². The number of nitrogens with zero attached hydrogens (tertiary/aromatic N) is 2. The Morgan fingerprint density at radius 3 is 2.46 bits per heavy atom. The number of imidazole rings is 1. The van der Waals surface area contributed by atoms with Crippen molar-refractivity contribution in [1.29, 1.82) is 0 Å². The molecule has 0 saturated heterocycles. The summed E-state index contributed by atoms with van der Waals surface area (Å²) in [5.74, 6) is 2.53. The standard InChI is InChI=1S/C21H26N2O3/c1-2-25-19-11-5-6-12-20(19)26-16-8-7-14-23-18-10-4-3-9-17(18)22-21(23)13-15-24/h3-6,9-12,24H,2,7-8,13-16H2,1H3. The van der Waals surface area contributed by atoms with Gasteiger partial charge in [-0.2, -0.15) is 0 Å². The van der Waals surface area contributed by atoms with E-state index in [0.29, 0.717) is 19.6 Å². The highest BCUT2D eigenvalue weighted by Gasteiger charge is 2.09. The summed E-state index contributed by atoms with van der Waals surface area (Å²) >= 11 is 0. The van der Waals surface area contributed by atoms with Crippen molar-refractivity contribution in [2.24, 2.45) is 0 Å². The van der Waals surface area contributed by atoms with Crippen LogP contribution in [0.15, 0.2) is 48.5 Å². The highest BCUT2D eigenvalue weighted by atomic mass is 16.5. The zero-order chi connectivity index (χ0) is 18.2. The molecular weight excluding hydrogens is 328 g/mol. The molecule has 0 atom stereocenters. The number of aliphatic hydroxyl groups excluding tert-OH is 1. The van der Waals surface area contributed by atoms with Gasteiger partial charge in [-0.3, -0.25) is 0 Å². The zero-order valence-electron chi connectivity index (χ0n) is 15.2. The first-order chi connectivity index (χ1) is 12.8. The van der Waals surface area contributed by atoms with Crippen LogP contribution in [0.3, 0.4) is 0 Å². The van der Waals surface area contributed by atoms with E-state index in [9.17, 15) is 5.11 Å². The molecule has 5 heteroatoms. The number of hydrogen-bond acceptors (Lipinski definition) is 4. The van der Waals surface area contributed by atoms with Crippen molar-refractivity contribution < 1.29 is 14.6 Å². The summed E-state index contributed by atoms with van der Waals surface area (Å²) in [4.78, 5) is 4.64. The van der Waals surface area contributed by atoms with Gasteiger partial charge in [0, 0.05) is 13.0 Å². The van der Waals surface area contributed by atoms with Crippen molar-refractivity contribution in [2.45, 2.75) is 32.7 Å². The molecule has 1 heterocycles. The number of aliphatic hydroxyl groups is 1. The fourth-order valence-corrected chi connectivity index (χ4v) is 3.06. The molecule has 5 nitrogen and oxygen atoms in total. The van der Waals surface area contributed by atoms with E-state index in [1.165, 1.54) is 0 Å². The van der Waals surface area contributed by atoms with E-state index in [1.54, 1.807) is 0 Å². The minimum atomic E-state index is 0.112. The van der Waals surface area contributed by atoms with Crippen molar-refractivity contribution in [3.63, 3.8) is 0 Å². The summed E-state index contributed by atoms with van der Waals surface area (Å²) in [6.45, 7) is 4.22. The number of aromatic nitrogens is 2. The van der Waals surface area contributed by atoms with Gasteiger partial charge in [-0.1, -0.05) is 24.3 Å². The summed E-state index contributed by atoms with van der Waals surface area (Å²) in [5.41, 5.74) is 2.11. The third-order valence-electron chi connectivity index (χ3n) is 4.25. The van der Waals surface area contributed by atoms with Crippen LogP contribution in [-0.2, 0) is 13.0 Å². The van der Waals surface area contributed by atoms with E-state index < -0.39 is 0 Å². The highest BCUT2D eigenvalue weighted by molar-refractivity contribution is 5.75. The van der Waals surface area contributed by atoms with E-state index in [0.717, 1.165) is 47.7 Å². The molecule has 0 unspecified atom stereocenters. The van der Waals surface area contributed by atoms with Crippen LogP contribution in [0.25, 0.3) is 11.0 Å². The molecule has 138 valence electrons. The topological polar surface area (TPSA) is 56.5 Å². The maximum Gasteiger partial charge on any atom is 0.161 e. The second-order valence-electron chi connectivity index (χ2n) is 6.08. The van der Waals surface area contributed by atoms with Gasteiger partial charge in [0.15, 0.2) is 11.5 Å². The second kappa shape index (κ2) is 9.25. The second-order valence-corrected chi connectivity index (χ2v) is 6.08. The van der Waals surface area contributed by atoms with E-state index >= 15 is 0 Å². The summed E-state index contributed by atoms with van der Waals surface area (Å²) in [7, 11) is 0. The molecule has 3 aromatic rings. The van der Waals surface area contributed by atoms with Crippen LogP contribution in [0.5, 0.6) is 11.5 Å². The van der Waals surface area contributed by atoms with E-state index in [1.807, 2.05) is 49.4 Å². The largest absolute Gasteiger partial charge is 0.490 e. The van der Waals surface area contributed by atoms with Gasteiger partial charge in [0.05, 0.1) is 30.9 Å². The Bertz CT molecular complexity index is 829. The SMILES string of the molecule is CCOc1ccccc1OCCCCn1c(CCO)nc2ccccc21. The lowest BCUT2D eigenvalue weighted by molar-refractivity contribution is 0.269. The molecule has 0 aliphatic heterocycles. The first-order valence-electron chi connectivity index (χ1n) is 9.23. The van der Waals surface area contributed by atoms with Gasteiger partial charge in [0.2, 0.25) is 0 Å². The molecular formula is C21H26N2O3. The van der Waals surface area contributed by atoms with Crippen LogP contribution in [-0.4, -0.2) is 34.5 Å². The minimum Gasteiger partial charge on any atom is -0.490 e. The van der Waals surface area contributed by atoms with Crippen LogP contribution >= 0.6 is 0 Å². The van der Waals surface area contributed by atoms with Gasteiger partial charge in [-0.15, -0.1) is 0 Å². The molecule has 26 heavy (non-hydrogen) atoms. The monoisotopic (exact) mass is 354 g/mol. The average molecular weight is 354 g/mol. The van der Waals surface area contributed by atoms with E-state index in [4.69, 9.17) is 9.47 Å². The molecule has 0 bridgehead atoms. The van der Waals surface area contributed by atoms with Gasteiger partial charge in [-0.05, 0) is 44.0 Å². The van der Waals surface area contributed by atoms with Crippen LogP contribution in [0.1, 0.15) is 25.6 Å². The Balaban J connectivity index is 1.56. The fourth-order valence-electron chi connectivity index (χ4n) is 3.06. The molecule has 1 aromatic heterocycles. The Kier molecular flexibility index (Phi) is 6.50. The lowest BCUT2D eigenvalue weighted by atomic mass is 10.2. The summed E-state index contributed by atoms with van der Waals surface area (Å²) < 4.78 is 13.7. The number of fused-ring (bicyclic) bond motifs is 1. The smallest absolute Gasteiger partial charge is 0.161 e. The Morgan fingerprint density at radius 1 is 0.962 bits per heavy atom. The molecule has 0 aliphatic carbocycles. The third kappa shape index (κ3) is 4.35. The number of ether oxygens (including phenoxy) is 2. The van der Waals surface area contributed by atoms with Gasteiger partial charge >= 0.3 is 0 Å².